The topological polar surface area (TPSA) is 95.9 Å². The molecule has 0 aromatic carbocycles. The van der Waals surface area contributed by atoms with Gasteiger partial charge in [-0.2, -0.15) is 11.8 Å². The average Bonchev–Trinajstić information content (AvgIpc) is 2.75. The summed E-state index contributed by atoms with van der Waals surface area (Å²) in [6.07, 6.45) is 1.71. The molecular formula is C11H19NO5S. The minimum atomic E-state index is -1.03. The highest BCUT2D eigenvalue weighted by Gasteiger charge is 2.25. The number of carbonyl (C=O) groups is 2. The van der Waals surface area contributed by atoms with Crippen molar-refractivity contribution in [3.63, 3.8) is 0 Å². The Bertz CT molecular complexity index is 299. The largest absolute Gasteiger partial charge is 0.480 e. The van der Waals surface area contributed by atoms with Crippen molar-refractivity contribution >= 4 is 23.6 Å². The van der Waals surface area contributed by atoms with E-state index in [-0.39, 0.29) is 24.7 Å². The van der Waals surface area contributed by atoms with Crippen LogP contribution in [0.3, 0.4) is 0 Å². The molecule has 0 aromatic rings. The van der Waals surface area contributed by atoms with E-state index < -0.39 is 12.0 Å². The van der Waals surface area contributed by atoms with Gasteiger partial charge in [0.2, 0.25) is 5.91 Å². The second-order valence-electron chi connectivity index (χ2n) is 4.27. The van der Waals surface area contributed by atoms with Crippen molar-refractivity contribution in [1.29, 1.82) is 0 Å². The maximum absolute atomic E-state index is 10.9. The lowest BCUT2D eigenvalue weighted by Crippen LogP contribution is -2.41. The minimum absolute atomic E-state index is 0.0325. The summed E-state index contributed by atoms with van der Waals surface area (Å²) in [7, 11) is 0. The van der Waals surface area contributed by atoms with E-state index in [0.29, 0.717) is 11.5 Å². The summed E-state index contributed by atoms with van der Waals surface area (Å²) in [5.41, 5.74) is 0. The summed E-state index contributed by atoms with van der Waals surface area (Å²) < 4.78 is 5.53. The monoisotopic (exact) mass is 277 g/mol. The predicted octanol–water partition coefficient (Wildman–Crippen LogP) is -0.151. The van der Waals surface area contributed by atoms with Gasteiger partial charge >= 0.3 is 5.97 Å². The van der Waals surface area contributed by atoms with E-state index >= 15 is 0 Å². The van der Waals surface area contributed by atoms with Gasteiger partial charge < -0.3 is 20.3 Å². The third-order valence-corrected chi connectivity index (χ3v) is 3.84. The molecule has 0 spiro atoms. The number of thioether (sulfide) groups is 1. The van der Waals surface area contributed by atoms with Crippen LogP contribution in [-0.4, -0.2) is 58.5 Å². The van der Waals surface area contributed by atoms with E-state index in [1.165, 1.54) is 18.7 Å². The molecule has 1 amide bonds. The van der Waals surface area contributed by atoms with Crippen LogP contribution in [0, 0.1) is 0 Å². The number of aliphatic hydroxyl groups is 1. The number of carbonyl (C=O) groups excluding carboxylic acids is 1. The van der Waals surface area contributed by atoms with Gasteiger partial charge in [0.05, 0.1) is 18.8 Å². The summed E-state index contributed by atoms with van der Waals surface area (Å²) in [4.78, 5) is 21.7. The zero-order chi connectivity index (χ0) is 13.5. The van der Waals surface area contributed by atoms with Crippen LogP contribution in [0.15, 0.2) is 0 Å². The molecule has 3 atom stereocenters. The fourth-order valence-corrected chi connectivity index (χ4v) is 2.88. The van der Waals surface area contributed by atoms with E-state index in [1.54, 1.807) is 0 Å². The summed E-state index contributed by atoms with van der Waals surface area (Å²) >= 11 is 1.44. The Labute approximate surface area is 110 Å². The lowest BCUT2D eigenvalue weighted by atomic mass is 10.2. The second kappa shape index (κ2) is 7.60. The zero-order valence-electron chi connectivity index (χ0n) is 10.3. The van der Waals surface area contributed by atoms with Gasteiger partial charge in [-0.25, -0.2) is 4.79 Å². The summed E-state index contributed by atoms with van der Waals surface area (Å²) in [5, 5.41) is 20.2. The van der Waals surface area contributed by atoms with Crippen LogP contribution < -0.4 is 5.32 Å². The first-order valence-corrected chi connectivity index (χ1v) is 7.02. The summed E-state index contributed by atoms with van der Waals surface area (Å²) in [6, 6.07) is -0.859. The SMILES string of the molecule is CC(=O)N[C@@H](CSC[C@H]1CC[C@@H](CO)O1)C(=O)O. The lowest BCUT2D eigenvalue weighted by Gasteiger charge is -2.15. The predicted molar refractivity (Wildman–Crippen MR) is 67.5 cm³/mol. The Morgan fingerprint density at radius 1 is 1.44 bits per heavy atom. The molecule has 1 aliphatic rings. The van der Waals surface area contributed by atoms with Gasteiger partial charge in [0.15, 0.2) is 0 Å². The van der Waals surface area contributed by atoms with Crippen LogP contribution in [0.5, 0.6) is 0 Å². The van der Waals surface area contributed by atoms with Gasteiger partial charge in [0.1, 0.15) is 6.04 Å². The number of ether oxygens (including phenoxy) is 1. The Kier molecular flexibility index (Phi) is 6.45. The highest BCUT2D eigenvalue weighted by molar-refractivity contribution is 7.99. The molecule has 1 saturated heterocycles. The second-order valence-corrected chi connectivity index (χ2v) is 5.34. The average molecular weight is 277 g/mol. The molecule has 18 heavy (non-hydrogen) atoms. The molecule has 0 radical (unpaired) electrons. The normalized spacial score (nSPS) is 24.8. The molecule has 7 heteroatoms. The summed E-state index contributed by atoms with van der Waals surface area (Å²) in [5.74, 6) is -0.378. The molecule has 0 aliphatic carbocycles. The van der Waals surface area contributed by atoms with Gasteiger partial charge in [0, 0.05) is 18.4 Å². The fraction of sp³-hybridized carbons (Fsp3) is 0.818. The van der Waals surface area contributed by atoms with E-state index in [4.69, 9.17) is 14.9 Å². The third-order valence-electron chi connectivity index (χ3n) is 2.66. The molecule has 1 heterocycles. The highest BCUT2D eigenvalue weighted by Crippen LogP contribution is 2.22. The first-order chi connectivity index (χ1) is 8.52. The van der Waals surface area contributed by atoms with E-state index in [1.807, 2.05) is 0 Å². The molecule has 104 valence electrons. The Hall–Kier alpha value is -0.790. The van der Waals surface area contributed by atoms with Crippen LogP contribution in [0.25, 0.3) is 0 Å². The highest BCUT2D eigenvalue weighted by atomic mass is 32.2. The first kappa shape index (κ1) is 15.3. The molecule has 1 rings (SSSR count). The van der Waals surface area contributed by atoms with Crippen molar-refractivity contribution in [1.82, 2.24) is 5.32 Å². The van der Waals surface area contributed by atoms with Crippen LogP contribution in [0.4, 0.5) is 0 Å². The smallest absolute Gasteiger partial charge is 0.327 e. The lowest BCUT2D eigenvalue weighted by molar-refractivity contribution is -0.140. The number of aliphatic hydroxyl groups excluding tert-OH is 1. The Morgan fingerprint density at radius 3 is 2.61 bits per heavy atom. The van der Waals surface area contributed by atoms with Crippen LogP contribution in [0.1, 0.15) is 19.8 Å². The minimum Gasteiger partial charge on any atom is -0.480 e. The third kappa shape index (κ3) is 5.24. The molecule has 0 aromatic heterocycles. The molecular weight excluding hydrogens is 258 g/mol. The molecule has 1 aliphatic heterocycles. The molecule has 6 nitrogen and oxygen atoms in total. The molecule has 0 bridgehead atoms. The molecule has 1 fully saturated rings. The molecule has 0 saturated carbocycles. The standard InChI is InChI=1S/C11H19NO5S/c1-7(14)12-10(11(15)16)6-18-5-9-3-2-8(4-13)17-9/h8-10,13H,2-6H2,1H3,(H,12,14)(H,15,16)/t8-,9+,10-/m0/s1. The maximum Gasteiger partial charge on any atom is 0.327 e. The molecule has 3 N–H and O–H groups in total. The number of rotatable bonds is 7. The van der Waals surface area contributed by atoms with Crippen LogP contribution in [-0.2, 0) is 14.3 Å². The van der Waals surface area contributed by atoms with Gasteiger partial charge in [-0.05, 0) is 12.8 Å². The number of aliphatic carboxylic acids is 1. The fourth-order valence-electron chi connectivity index (χ4n) is 1.77. The number of carboxylic acids is 1. The van der Waals surface area contributed by atoms with Gasteiger partial charge in [-0.1, -0.05) is 0 Å². The number of amides is 1. The van der Waals surface area contributed by atoms with Gasteiger partial charge in [0.25, 0.3) is 0 Å². The van der Waals surface area contributed by atoms with Crippen molar-refractivity contribution < 1.29 is 24.5 Å². The quantitative estimate of drug-likeness (QED) is 0.599. The van der Waals surface area contributed by atoms with E-state index in [9.17, 15) is 9.59 Å². The summed E-state index contributed by atoms with van der Waals surface area (Å²) in [6.45, 7) is 1.33. The molecule has 0 unspecified atom stereocenters. The van der Waals surface area contributed by atoms with Crippen molar-refractivity contribution in [2.75, 3.05) is 18.1 Å². The van der Waals surface area contributed by atoms with Gasteiger partial charge in [-0.15, -0.1) is 0 Å². The number of carboxylic acid groups (broad SMARTS) is 1. The zero-order valence-corrected chi connectivity index (χ0v) is 11.1. The van der Waals surface area contributed by atoms with Crippen molar-refractivity contribution in [2.24, 2.45) is 0 Å². The Balaban J connectivity index is 2.22. The van der Waals surface area contributed by atoms with E-state index in [0.717, 1.165) is 12.8 Å². The van der Waals surface area contributed by atoms with Gasteiger partial charge in [-0.3, -0.25) is 4.79 Å². The Morgan fingerprint density at radius 2 is 2.11 bits per heavy atom. The van der Waals surface area contributed by atoms with E-state index in [2.05, 4.69) is 5.32 Å². The number of hydrogen-bond donors (Lipinski definition) is 3. The van der Waals surface area contributed by atoms with Crippen LogP contribution >= 0.6 is 11.8 Å². The van der Waals surface area contributed by atoms with Crippen molar-refractivity contribution in [3.8, 4) is 0 Å². The number of hydrogen-bond acceptors (Lipinski definition) is 5. The van der Waals surface area contributed by atoms with Crippen molar-refractivity contribution in [3.05, 3.63) is 0 Å². The maximum atomic E-state index is 10.9. The van der Waals surface area contributed by atoms with Crippen molar-refractivity contribution in [2.45, 2.75) is 38.0 Å². The van der Waals surface area contributed by atoms with Crippen LogP contribution in [0.2, 0.25) is 0 Å². The number of nitrogens with one attached hydrogen (secondary N) is 1. The first-order valence-electron chi connectivity index (χ1n) is 5.87.